The van der Waals surface area contributed by atoms with Gasteiger partial charge in [-0.1, -0.05) is 47.5 Å². The number of hydrogen-bond acceptors (Lipinski definition) is 12. The topological polar surface area (TPSA) is 294 Å². The van der Waals surface area contributed by atoms with E-state index in [0.29, 0.717) is 35.7 Å². The van der Waals surface area contributed by atoms with E-state index in [1.165, 1.54) is 36.3 Å². The minimum Gasteiger partial charge on any atom is -0.508 e. The highest BCUT2D eigenvalue weighted by Gasteiger charge is 2.40. The average Bonchev–Trinajstić information content (AvgIpc) is 4.08. The first kappa shape index (κ1) is 51.4. The number of nitrogens with one attached hydrogen (secondary N) is 7. The molecular weight excluding hydrogens is 867 g/mol. The predicted molar refractivity (Wildman–Crippen MR) is 245 cm³/mol. The number of Topliss-reactive ketones (excluding diaryl/α,β-unsaturated/α-hetero) is 1. The highest BCUT2D eigenvalue weighted by Crippen LogP contribution is 2.25. The van der Waals surface area contributed by atoms with Crippen LogP contribution in [0, 0.1) is 11.8 Å². The predicted octanol–water partition coefficient (Wildman–Crippen LogP) is 1.96. The first-order chi connectivity index (χ1) is 31.9. The highest BCUT2D eigenvalue weighted by atomic mass is 16.3. The second-order valence-electron chi connectivity index (χ2n) is 17.9. The van der Waals surface area contributed by atoms with E-state index in [-0.39, 0.29) is 80.8 Å². The lowest BCUT2D eigenvalue weighted by atomic mass is 9.98. The molecule has 1 aromatic carbocycles. The monoisotopic (exact) mass is 931 g/mol. The van der Waals surface area contributed by atoms with E-state index in [2.05, 4.69) is 41.9 Å². The molecule has 2 aliphatic rings. The number of H-pyrrole nitrogens is 1. The molecule has 3 aromatic rings. The molecule has 0 spiro atoms. The van der Waals surface area contributed by atoms with Gasteiger partial charge in [0.2, 0.25) is 47.1 Å². The van der Waals surface area contributed by atoms with Crippen LogP contribution in [0.5, 0.6) is 5.75 Å². The highest BCUT2D eigenvalue weighted by molar-refractivity contribution is 6.38. The van der Waals surface area contributed by atoms with Gasteiger partial charge in [0.15, 0.2) is 0 Å². The number of phenols is 1. The molecule has 0 aliphatic carbocycles. The van der Waals surface area contributed by atoms with Crippen LogP contribution >= 0.6 is 0 Å². The lowest BCUT2D eigenvalue weighted by Gasteiger charge is -2.31. The Morgan fingerprint density at radius 1 is 0.955 bits per heavy atom. The first-order valence-corrected chi connectivity index (χ1v) is 23.2. The molecular formula is C47H65N9O11. The average molecular weight is 932 g/mol. The molecule has 8 atom stereocenters. The van der Waals surface area contributed by atoms with Gasteiger partial charge in [-0.25, -0.2) is 4.98 Å². The van der Waals surface area contributed by atoms with E-state index >= 15 is 0 Å². The SMILES string of the molecule is CCC[C@@H](NC(=O)C(O)C(C)CC)C(=O)N[C@H]1CCCNC(=O)[C@H](Cc2c[nH]c3ccc(O)cc23)NC(=O)/C=C\c2coc(n2)[C@H](C)NC(=O)C(=O)[C@H](CC(C)C)NC(=O)[C@@H]2CCCN2C1=O. The molecule has 20 nitrogen and oxygen atoms in total. The number of carbonyl (C=O) groups is 8. The van der Waals surface area contributed by atoms with Crippen LogP contribution in [-0.2, 0) is 44.8 Å². The van der Waals surface area contributed by atoms with E-state index in [0.717, 1.165) is 6.08 Å². The number of benzene rings is 1. The van der Waals surface area contributed by atoms with Crippen LogP contribution in [-0.4, -0.2) is 122 Å². The number of aliphatic hydroxyl groups excluding tert-OH is 1. The van der Waals surface area contributed by atoms with Gasteiger partial charge >= 0.3 is 0 Å². The second kappa shape index (κ2) is 23.7. The van der Waals surface area contributed by atoms with Gasteiger partial charge < -0.3 is 56.4 Å². The molecule has 1 fully saturated rings. The third kappa shape index (κ3) is 13.7. The summed E-state index contributed by atoms with van der Waals surface area (Å²) < 4.78 is 5.55. The Balaban J connectivity index is 1.46. The largest absolute Gasteiger partial charge is 0.508 e. The Labute approximate surface area is 389 Å². The minimum absolute atomic E-state index is 0.00276. The number of aliphatic hydroxyl groups is 1. The Hall–Kier alpha value is -6.57. The van der Waals surface area contributed by atoms with Crippen LogP contribution in [0.4, 0.5) is 0 Å². The molecule has 67 heavy (non-hydrogen) atoms. The van der Waals surface area contributed by atoms with Gasteiger partial charge in [0.05, 0.1) is 6.04 Å². The second-order valence-corrected chi connectivity index (χ2v) is 17.9. The van der Waals surface area contributed by atoms with Crippen LogP contribution in [0.2, 0.25) is 0 Å². The first-order valence-electron chi connectivity index (χ1n) is 23.2. The van der Waals surface area contributed by atoms with E-state index < -0.39 is 89.5 Å². The summed E-state index contributed by atoms with van der Waals surface area (Å²) >= 11 is 0. The van der Waals surface area contributed by atoms with Crippen molar-refractivity contribution in [2.45, 2.75) is 142 Å². The zero-order chi connectivity index (χ0) is 48.9. The number of ketones is 1. The number of phenolic OH excluding ortho intramolecular Hbond substituents is 1. The zero-order valence-corrected chi connectivity index (χ0v) is 39.0. The molecule has 4 heterocycles. The normalized spacial score (nSPS) is 23.5. The van der Waals surface area contributed by atoms with Gasteiger partial charge in [-0.3, -0.25) is 38.4 Å². The number of rotatable bonds is 12. The Morgan fingerprint density at radius 2 is 1.72 bits per heavy atom. The Bertz CT molecular complexity index is 2300. The van der Waals surface area contributed by atoms with Crippen molar-refractivity contribution in [1.82, 2.24) is 46.8 Å². The maximum absolute atomic E-state index is 14.6. The van der Waals surface area contributed by atoms with Crippen LogP contribution in [0.15, 0.2) is 41.2 Å². The summed E-state index contributed by atoms with van der Waals surface area (Å²) in [6.45, 7) is 10.6. The van der Waals surface area contributed by atoms with Crippen LogP contribution in [0.25, 0.3) is 17.0 Å². The Kier molecular flexibility index (Phi) is 18.2. The summed E-state index contributed by atoms with van der Waals surface area (Å²) in [5, 5.41) is 37.7. The summed E-state index contributed by atoms with van der Waals surface area (Å²) in [5.41, 5.74) is 1.52. The number of aromatic amines is 1. The quantitative estimate of drug-likeness (QED) is 0.118. The number of aromatic nitrogens is 2. The fraction of sp³-hybridized carbons (Fsp3) is 0.553. The molecule has 2 aromatic heterocycles. The minimum atomic E-state index is -1.37. The molecule has 2 bridgehead atoms. The molecule has 2 unspecified atom stereocenters. The number of fused-ring (bicyclic) bond motifs is 4. The van der Waals surface area contributed by atoms with Crippen molar-refractivity contribution in [3.8, 4) is 5.75 Å². The maximum Gasteiger partial charge on any atom is 0.290 e. The summed E-state index contributed by atoms with van der Waals surface area (Å²) in [6.07, 6.45) is 6.05. The molecule has 5 rings (SSSR count). The van der Waals surface area contributed by atoms with Gasteiger partial charge in [0.1, 0.15) is 54.0 Å². The van der Waals surface area contributed by atoms with Crippen LogP contribution in [0.3, 0.4) is 0 Å². The van der Waals surface area contributed by atoms with Crippen LogP contribution < -0.4 is 31.9 Å². The summed E-state index contributed by atoms with van der Waals surface area (Å²) in [7, 11) is 0. The smallest absolute Gasteiger partial charge is 0.290 e. The van der Waals surface area contributed by atoms with Gasteiger partial charge in [0.25, 0.3) is 5.91 Å². The van der Waals surface area contributed by atoms with Gasteiger partial charge in [-0.05, 0) is 87.1 Å². The number of carbonyl (C=O) groups excluding carboxylic acids is 8. The zero-order valence-electron chi connectivity index (χ0n) is 39.0. The standard InChI is InChI=1S/C47H65N9O11/c1-7-11-33(53-44(64)39(59)26(5)8-2)42(62)54-34-12-9-18-48-41(61)36(21-28-23-49-32-16-15-30(57)22-31(28)32)52-38(58)17-14-29-24-67-46(51-29)27(6)50-45(65)40(60)35(20-25(3)4)55-43(63)37-13-10-19-56(37)47(34)66/h14-17,22-27,33-37,39,49,57,59H,7-13,18-21H2,1-6H3,(H,48,61)(H,50,65)(H,52,58)(H,53,64)(H,54,62)(H,55,63)/b17-14-/t26?,27-,33+,34-,35-,36-,37-,39?/m0/s1. The molecule has 2 aliphatic heterocycles. The van der Waals surface area contributed by atoms with E-state index in [1.807, 2.05) is 27.7 Å². The summed E-state index contributed by atoms with van der Waals surface area (Å²) in [6, 6.07) is -2.01. The summed E-state index contributed by atoms with van der Waals surface area (Å²) in [5.74, 6) is -6.34. The number of nitrogens with zero attached hydrogens (tertiary/aromatic N) is 2. The van der Waals surface area contributed by atoms with E-state index in [9.17, 15) is 48.6 Å². The molecule has 7 amide bonds. The van der Waals surface area contributed by atoms with Crippen molar-refractivity contribution in [3.05, 3.63) is 53.9 Å². The lowest BCUT2D eigenvalue weighted by Crippen LogP contribution is -2.58. The van der Waals surface area contributed by atoms with Crippen LogP contribution in [0.1, 0.15) is 116 Å². The maximum atomic E-state index is 14.6. The van der Waals surface area contributed by atoms with Gasteiger partial charge in [-0.2, -0.15) is 0 Å². The fourth-order valence-electron chi connectivity index (χ4n) is 8.15. The fourth-order valence-corrected chi connectivity index (χ4v) is 8.15. The van der Waals surface area contributed by atoms with Crippen molar-refractivity contribution in [1.29, 1.82) is 0 Å². The van der Waals surface area contributed by atoms with E-state index in [4.69, 9.17) is 4.42 Å². The van der Waals surface area contributed by atoms with E-state index in [1.54, 1.807) is 19.2 Å². The summed E-state index contributed by atoms with van der Waals surface area (Å²) in [4.78, 5) is 119. The molecule has 1 saturated heterocycles. The molecule has 0 saturated carbocycles. The van der Waals surface area contributed by atoms with Gasteiger partial charge in [0, 0.05) is 42.7 Å². The number of amides is 7. The molecule has 20 heteroatoms. The third-order valence-corrected chi connectivity index (χ3v) is 12.1. The van der Waals surface area contributed by atoms with Crippen molar-refractivity contribution in [2.24, 2.45) is 11.8 Å². The molecule has 0 radical (unpaired) electrons. The Morgan fingerprint density at radius 3 is 2.43 bits per heavy atom. The third-order valence-electron chi connectivity index (χ3n) is 12.1. The van der Waals surface area contributed by atoms with Crippen molar-refractivity contribution < 1.29 is 53.0 Å². The number of oxazole rings is 1. The lowest BCUT2D eigenvalue weighted by molar-refractivity contribution is -0.144. The number of aromatic hydroxyl groups is 1. The van der Waals surface area contributed by atoms with Crippen molar-refractivity contribution >= 4 is 64.1 Å². The van der Waals surface area contributed by atoms with Gasteiger partial charge in [-0.15, -0.1) is 0 Å². The molecule has 364 valence electrons. The number of hydrogen-bond donors (Lipinski definition) is 9. The molecule has 9 N–H and O–H groups in total. The van der Waals surface area contributed by atoms with Crippen molar-refractivity contribution in [3.63, 3.8) is 0 Å². The van der Waals surface area contributed by atoms with Crippen molar-refractivity contribution in [2.75, 3.05) is 13.1 Å².